The summed E-state index contributed by atoms with van der Waals surface area (Å²) in [5.74, 6) is -0.142. The summed E-state index contributed by atoms with van der Waals surface area (Å²) in [6.45, 7) is 0. The van der Waals surface area contributed by atoms with Gasteiger partial charge in [-0.05, 0) is 0 Å². The minimum atomic E-state index is -0.142. The van der Waals surface area contributed by atoms with Gasteiger partial charge in [-0.3, -0.25) is 4.79 Å². The van der Waals surface area contributed by atoms with Gasteiger partial charge in [0.25, 0.3) is 5.91 Å². The monoisotopic (exact) mass is 229 g/mol. The number of aryl methyl sites for hydroxylation is 1. The van der Waals surface area contributed by atoms with Gasteiger partial charge in [-0.1, -0.05) is 0 Å². The number of carbonyl (C=O) groups excluding carboxylic acids is 1. The van der Waals surface area contributed by atoms with Gasteiger partial charge in [0.1, 0.15) is 11.2 Å². The van der Waals surface area contributed by atoms with Crippen LogP contribution in [0.15, 0.2) is 18.7 Å². The summed E-state index contributed by atoms with van der Waals surface area (Å²) in [6.07, 6.45) is 5.12. The number of nitrogens with zero attached hydrogens (tertiary/aromatic N) is 3. The number of carbonyl (C=O) groups is 1. The molecule has 0 spiro atoms. The van der Waals surface area contributed by atoms with Crippen molar-refractivity contribution in [3.05, 3.63) is 24.3 Å². The maximum absolute atomic E-state index is 11.7. The van der Waals surface area contributed by atoms with Crippen molar-refractivity contribution in [3.63, 3.8) is 0 Å². The first-order chi connectivity index (χ1) is 8.22. The molecule has 0 radical (unpaired) electrons. The Morgan fingerprint density at radius 3 is 3.06 bits per heavy atom. The number of H-pyrrole nitrogens is 1. The molecular weight excluding hydrogens is 218 g/mol. The van der Waals surface area contributed by atoms with E-state index in [0.29, 0.717) is 11.2 Å². The average molecular weight is 229 g/mol. The second kappa shape index (κ2) is 3.31. The van der Waals surface area contributed by atoms with Crippen LogP contribution < -0.4 is 5.32 Å². The molecule has 0 saturated heterocycles. The molecule has 0 aliphatic carbocycles. The van der Waals surface area contributed by atoms with Gasteiger partial charge >= 0.3 is 0 Å². The van der Waals surface area contributed by atoms with Crippen LogP contribution in [0.5, 0.6) is 0 Å². The summed E-state index contributed by atoms with van der Waals surface area (Å²) in [5, 5.41) is 3.38. The van der Waals surface area contributed by atoms with Crippen LogP contribution in [-0.2, 0) is 7.05 Å². The Balaban J connectivity index is 2.46. The first kappa shape index (κ1) is 9.83. The highest BCUT2D eigenvalue weighted by molar-refractivity contribution is 6.14. The van der Waals surface area contributed by atoms with Crippen molar-refractivity contribution >= 4 is 28.0 Å². The van der Waals surface area contributed by atoms with Crippen LogP contribution in [0.1, 0.15) is 10.4 Å². The van der Waals surface area contributed by atoms with E-state index in [4.69, 9.17) is 0 Å². The normalized spacial score (nSPS) is 11.2. The van der Waals surface area contributed by atoms with E-state index < -0.39 is 0 Å². The predicted molar refractivity (Wildman–Crippen MR) is 63.8 cm³/mol. The van der Waals surface area contributed by atoms with Crippen molar-refractivity contribution in [2.75, 3.05) is 7.05 Å². The molecular formula is C11H11N5O. The molecule has 2 N–H and O–H groups in total. The van der Waals surface area contributed by atoms with Crippen LogP contribution in [-0.4, -0.2) is 32.5 Å². The third-order valence-electron chi connectivity index (χ3n) is 2.87. The van der Waals surface area contributed by atoms with E-state index in [2.05, 4.69) is 20.3 Å². The van der Waals surface area contributed by atoms with Crippen molar-refractivity contribution in [1.82, 2.24) is 24.8 Å². The van der Waals surface area contributed by atoms with E-state index in [1.165, 1.54) is 0 Å². The van der Waals surface area contributed by atoms with Crippen molar-refractivity contribution in [2.24, 2.45) is 7.05 Å². The van der Waals surface area contributed by atoms with Crippen LogP contribution in [0.4, 0.5) is 0 Å². The van der Waals surface area contributed by atoms with Crippen LogP contribution in [0.25, 0.3) is 22.1 Å². The number of imidazole rings is 1. The molecule has 0 aliphatic heterocycles. The van der Waals surface area contributed by atoms with Crippen molar-refractivity contribution in [1.29, 1.82) is 0 Å². The summed E-state index contributed by atoms with van der Waals surface area (Å²) < 4.78 is 1.88. The first-order valence-electron chi connectivity index (χ1n) is 5.21. The summed E-state index contributed by atoms with van der Waals surface area (Å²) in [5.41, 5.74) is 2.94. The van der Waals surface area contributed by atoms with Gasteiger partial charge in [0.15, 0.2) is 0 Å². The number of fused-ring (bicyclic) bond motifs is 3. The molecule has 3 aromatic rings. The van der Waals surface area contributed by atoms with Crippen LogP contribution in [0.2, 0.25) is 0 Å². The van der Waals surface area contributed by atoms with E-state index in [9.17, 15) is 4.79 Å². The Labute approximate surface area is 96.7 Å². The fourth-order valence-electron chi connectivity index (χ4n) is 1.98. The highest BCUT2D eigenvalue weighted by atomic mass is 16.1. The smallest absolute Gasteiger partial charge is 0.253 e. The average Bonchev–Trinajstić information content (AvgIpc) is 2.92. The maximum Gasteiger partial charge on any atom is 0.253 e. The SMILES string of the molecule is CNC(=O)c1c[nH]c2ncc3c(ncn3C)c12. The Bertz CT molecular complexity index is 724. The molecule has 0 fully saturated rings. The van der Waals surface area contributed by atoms with Gasteiger partial charge in [0, 0.05) is 20.3 Å². The number of hydrogen-bond acceptors (Lipinski definition) is 3. The molecule has 3 heterocycles. The number of rotatable bonds is 1. The molecule has 0 bridgehead atoms. The molecule has 0 saturated carbocycles. The third kappa shape index (κ3) is 1.24. The zero-order chi connectivity index (χ0) is 12.0. The molecule has 3 rings (SSSR count). The van der Waals surface area contributed by atoms with E-state index in [-0.39, 0.29) is 5.91 Å². The lowest BCUT2D eigenvalue weighted by atomic mass is 10.2. The molecule has 1 amide bonds. The van der Waals surface area contributed by atoms with E-state index in [1.807, 2.05) is 11.6 Å². The molecule has 0 unspecified atom stereocenters. The fraction of sp³-hybridized carbons (Fsp3) is 0.182. The Kier molecular flexibility index (Phi) is 1.91. The molecule has 6 nitrogen and oxygen atoms in total. The minimum Gasteiger partial charge on any atom is -0.355 e. The van der Waals surface area contributed by atoms with Crippen molar-refractivity contribution in [3.8, 4) is 0 Å². The van der Waals surface area contributed by atoms with Gasteiger partial charge in [-0.15, -0.1) is 0 Å². The van der Waals surface area contributed by atoms with E-state index in [1.54, 1.807) is 25.8 Å². The predicted octanol–water partition coefficient (Wildman–Crippen LogP) is 0.809. The highest BCUT2D eigenvalue weighted by Gasteiger charge is 2.16. The van der Waals surface area contributed by atoms with Gasteiger partial charge < -0.3 is 14.9 Å². The van der Waals surface area contributed by atoms with Gasteiger partial charge in [0.05, 0.1) is 29.0 Å². The number of pyridine rings is 1. The molecule has 0 aliphatic rings. The minimum absolute atomic E-state index is 0.142. The number of amides is 1. The molecule has 3 aromatic heterocycles. The first-order valence-corrected chi connectivity index (χ1v) is 5.21. The molecule has 6 heteroatoms. The van der Waals surface area contributed by atoms with Crippen molar-refractivity contribution in [2.45, 2.75) is 0 Å². The summed E-state index contributed by atoms with van der Waals surface area (Å²) in [4.78, 5) is 23.3. The largest absolute Gasteiger partial charge is 0.355 e. The Morgan fingerprint density at radius 1 is 1.47 bits per heavy atom. The topological polar surface area (TPSA) is 75.6 Å². The van der Waals surface area contributed by atoms with Gasteiger partial charge in [0.2, 0.25) is 0 Å². The van der Waals surface area contributed by atoms with E-state index in [0.717, 1.165) is 16.4 Å². The fourth-order valence-corrected chi connectivity index (χ4v) is 1.98. The molecule has 0 atom stereocenters. The van der Waals surface area contributed by atoms with Crippen LogP contribution in [0.3, 0.4) is 0 Å². The summed E-state index contributed by atoms with van der Waals surface area (Å²) in [7, 11) is 3.50. The Morgan fingerprint density at radius 2 is 2.29 bits per heavy atom. The molecule has 0 aromatic carbocycles. The standard InChI is InChI=1S/C11H11N5O/c1-12-11(17)6-3-13-10-8(6)9-7(4-14-10)16(2)5-15-9/h3-5H,1-2H3,(H,12,17)(H,13,14). The highest BCUT2D eigenvalue weighted by Crippen LogP contribution is 2.24. The lowest BCUT2D eigenvalue weighted by molar-refractivity contribution is 0.0965. The number of hydrogen-bond donors (Lipinski definition) is 2. The quantitative estimate of drug-likeness (QED) is 0.648. The third-order valence-corrected chi connectivity index (χ3v) is 2.87. The Hall–Kier alpha value is -2.37. The summed E-state index contributed by atoms with van der Waals surface area (Å²) in [6, 6.07) is 0. The zero-order valence-electron chi connectivity index (χ0n) is 9.48. The number of nitrogens with one attached hydrogen (secondary N) is 2. The lowest BCUT2D eigenvalue weighted by Crippen LogP contribution is -2.17. The second-order valence-corrected chi connectivity index (χ2v) is 3.85. The summed E-state index contributed by atoms with van der Waals surface area (Å²) >= 11 is 0. The number of aromatic nitrogens is 4. The zero-order valence-corrected chi connectivity index (χ0v) is 9.48. The lowest BCUT2D eigenvalue weighted by Gasteiger charge is -1.98. The van der Waals surface area contributed by atoms with Crippen LogP contribution >= 0.6 is 0 Å². The second-order valence-electron chi connectivity index (χ2n) is 3.85. The van der Waals surface area contributed by atoms with Gasteiger partial charge in [-0.2, -0.15) is 0 Å². The molecule has 17 heavy (non-hydrogen) atoms. The van der Waals surface area contributed by atoms with Crippen molar-refractivity contribution < 1.29 is 4.79 Å². The molecule has 86 valence electrons. The maximum atomic E-state index is 11.7. The number of aromatic amines is 1. The van der Waals surface area contributed by atoms with Crippen LogP contribution in [0, 0.1) is 0 Å². The van der Waals surface area contributed by atoms with E-state index >= 15 is 0 Å². The van der Waals surface area contributed by atoms with Gasteiger partial charge in [-0.25, -0.2) is 9.97 Å².